The van der Waals surface area contributed by atoms with Gasteiger partial charge >= 0.3 is 0 Å². The van der Waals surface area contributed by atoms with Crippen LogP contribution in [0, 0.1) is 20.8 Å². The van der Waals surface area contributed by atoms with E-state index in [-0.39, 0.29) is 5.75 Å². The maximum atomic E-state index is 10.0. The van der Waals surface area contributed by atoms with Crippen molar-refractivity contribution in [2.24, 2.45) is 0 Å². The summed E-state index contributed by atoms with van der Waals surface area (Å²) in [6.07, 6.45) is 0. The fourth-order valence-corrected chi connectivity index (χ4v) is 2.34. The molecule has 0 atom stereocenters. The Labute approximate surface area is 99.1 Å². The van der Waals surface area contributed by atoms with Crippen LogP contribution in [0.4, 0.5) is 0 Å². The Morgan fingerprint density at radius 2 is 1.47 bits per heavy atom. The van der Waals surface area contributed by atoms with Crippen LogP contribution in [0.1, 0.15) is 36.1 Å². The van der Waals surface area contributed by atoms with Crippen molar-refractivity contribution in [3.05, 3.63) is 26.7 Å². The molecule has 0 saturated carbocycles. The number of benzene rings is 1. The number of rotatable bonds is 1. The van der Waals surface area contributed by atoms with Gasteiger partial charge in [-0.15, -0.1) is 0 Å². The summed E-state index contributed by atoms with van der Waals surface area (Å²) < 4.78 is 0.954. The van der Waals surface area contributed by atoms with Gasteiger partial charge in [0.15, 0.2) is 0 Å². The molecule has 0 spiro atoms. The molecular formula is C12H17BrO2. The standard InChI is InChI=1S/C12H17BrO2/c1-6-7(2)11(14)9(12(4,5)15)8(3)10(6)13/h14-15H,1-5H3. The summed E-state index contributed by atoms with van der Waals surface area (Å²) in [5.41, 5.74) is 2.28. The van der Waals surface area contributed by atoms with Crippen molar-refractivity contribution < 1.29 is 10.2 Å². The average Bonchev–Trinajstić information content (AvgIpc) is 2.09. The highest BCUT2D eigenvalue weighted by atomic mass is 79.9. The summed E-state index contributed by atoms with van der Waals surface area (Å²) >= 11 is 3.49. The minimum Gasteiger partial charge on any atom is -0.507 e. The molecule has 0 aliphatic heterocycles. The van der Waals surface area contributed by atoms with E-state index < -0.39 is 5.60 Å². The zero-order valence-corrected chi connectivity index (χ0v) is 11.4. The molecule has 0 aliphatic carbocycles. The number of halogens is 1. The molecule has 2 N–H and O–H groups in total. The second-order valence-electron chi connectivity index (χ2n) is 4.47. The Kier molecular flexibility index (Phi) is 3.17. The fraction of sp³-hybridized carbons (Fsp3) is 0.500. The molecule has 0 heterocycles. The lowest BCUT2D eigenvalue weighted by atomic mass is 9.89. The first-order valence-corrected chi connectivity index (χ1v) is 5.68. The van der Waals surface area contributed by atoms with Crippen LogP contribution >= 0.6 is 15.9 Å². The zero-order chi connectivity index (χ0) is 12.0. The third-order valence-electron chi connectivity index (χ3n) is 2.80. The first kappa shape index (κ1) is 12.5. The molecule has 0 aromatic heterocycles. The van der Waals surface area contributed by atoms with Crippen LogP contribution in [-0.2, 0) is 5.60 Å². The van der Waals surface area contributed by atoms with Crippen molar-refractivity contribution in [2.75, 3.05) is 0 Å². The van der Waals surface area contributed by atoms with Crippen molar-refractivity contribution in [3.63, 3.8) is 0 Å². The Bertz CT molecular complexity index is 374. The van der Waals surface area contributed by atoms with E-state index in [0.29, 0.717) is 5.56 Å². The minimum absolute atomic E-state index is 0.195. The van der Waals surface area contributed by atoms with Gasteiger partial charge in [0.25, 0.3) is 0 Å². The van der Waals surface area contributed by atoms with E-state index in [1.54, 1.807) is 13.8 Å². The van der Waals surface area contributed by atoms with Crippen LogP contribution in [0.15, 0.2) is 4.47 Å². The smallest absolute Gasteiger partial charge is 0.125 e. The Balaban J connectivity index is 3.68. The van der Waals surface area contributed by atoms with Gasteiger partial charge in [-0.2, -0.15) is 0 Å². The van der Waals surface area contributed by atoms with Crippen LogP contribution in [0.5, 0.6) is 5.75 Å². The SMILES string of the molecule is Cc1c(C)c(Br)c(C)c(C(C)(C)O)c1O. The van der Waals surface area contributed by atoms with E-state index in [4.69, 9.17) is 0 Å². The van der Waals surface area contributed by atoms with E-state index in [1.807, 2.05) is 20.8 Å². The molecule has 84 valence electrons. The molecular weight excluding hydrogens is 256 g/mol. The van der Waals surface area contributed by atoms with Crippen LogP contribution in [0.3, 0.4) is 0 Å². The molecule has 3 heteroatoms. The molecule has 0 bridgehead atoms. The molecule has 1 aromatic carbocycles. The molecule has 15 heavy (non-hydrogen) atoms. The van der Waals surface area contributed by atoms with Crippen molar-refractivity contribution in [2.45, 2.75) is 40.2 Å². The average molecular weight is 273 g/mol. The lowest BCUT2D eigenvalue weighted by molar-refractivity contribution is 0.0749. The lowest BCUT2D eigenvalue weighted by Crippen LogP contribution is -2.18. The molecule has 0 fully saturated rings. The van der Waals surface area contributed by atoms with Gasteiger partial charge in [0, 0.05) is 10.0 Å². The van der Waals surface area contributed by atoms with E-state index in [0.717, 1.165) is 21.2 Å². The van der Waals surface area contributed by atoms with E-state index >= 15 is 0 Å². The van der Waals surface area contributed by atoms with E-state index in [2.05, 4.69) is 15.9 Å². The second-order valence-corrected chi connectivity index (χ2v) is 5.26. The summed E-state index contributed by atoms with van der Waals surface area (Å²) in [5, 5.41) is 20.0. The Morgan fingerprint density at radius 3 is 1.87 bits per heavy atom. The van der Waals surface area contributed by atoms with Gasteiger partial charge in [-0.05, 0) is 51.3 Å². The van der Waals surface area contributed by atoms with Gasteiger partial charge in [-0.25, -0.2) is 0 Å². The number of hydrogen-bond acceptors (Lipinski definition) is 2. The number of aliphatic hydroxyl groups is 1. The molecule has 0 radical (unpaired) electrons. The zero-order valence-electron chi connectivity index (χ0n) is 9.77. The highest BCUT2D eigenvalue weighted by molar-refractivity contribution is 9.10. The molecule has 2 nitrogen and oxygen atoms in total. The van der Waals surface area contributed by atoms with Crippen molar-refractivity contribution >= 4 is 15.9 Å². The van der Waals surface area contributed by atoms with Gasteiger partial charge in [0.1, 0.15) is 5.75 Å². The minimum atomic E-state index is -1.03. The van der Waals surface area contributed by atoms with Crippen LogP contribution in [0.25, 0.3) is 0 Å². The normalized spacial score (nSPS) is 11.9. The van der Waals surface area contributed by atoms with Crippen molar-refractivity contribution in [1.82, 2.24) is 0 Å². The van der Waals surface area contributed by atoms with Crippen molar-refractivity contribution in [3.8, 4) is 5.75 Å². The highest BCUT2D eigenvalue weighted by Crippen LogP contribution is 2.40. The number of phenols is 1. The Hall–Kier alpha value is -0.540. The predicted octanol–water partition coefficient (Wildman–Crippen LogP) is 3.31. The van der Waals surface area contributed by atoms with Crippen LogP contribution in [-0.4, -0.2) is 10.2 Å². The summed E-state index contributed by atoms with van der Waals surface area (Å²) in [6.45, 7) is 9.04. The molecule has 0 unspecified atom stereocenters. The first-order valence-electron chi connectivity index (χ1n) is 4.89. The van der Waals surface area contributed by atoms with Gasteiger partial charge in [-0.3, -0.25) is 0 Å². The van der Waals surface area contributed by atoms with Gasteiger partial charge in [0.05, 0.1) is 5.60 Å². The number of hydrogen-bond donors (Lipinski definition) is 2. The molecule has 1 rings (SSSR count). The third-order valence-corrected chi connectivity index (χ3v) is 3.99. The summed E-state index contributed by atoms with van der Waals surface area (Å²) in [5.74, 6) is 0.195. The van der Waals surface area contributed by atoms with Crippen molar-refractivity contribution in [1.29, 1.82) is 0 Å². The second kappa shape index (κ2) is 3.80. The van der Waals surface area contributed by atoms with Gasteiger partial charge in [0.2, 0.25) is 0 Å². The molecule has 0 saturated heterocycles. The maximum Gasteiger partial charge on any atom is 0.125 e. The third kappa shape index (κ3) is 2.04. The van der Waals surface area contributed by atoms with Gasteiger partial charge < -0.3 is 10.2 Å². The topological polar surface area (TPSA) is 40.5 Å². The molecule has 0 aliphatic rings. The number of aromatic hydroxyl groups is 1. The maximum absolute atomic E-state index is 10.0. The van der Waals surface area contributed by atoms with Gasteiger partial charge in [-0.1, -0.05) is 15.9 Å². The summed E-state index contributed by atoms with van der Waals surface area (Å²) in [4.78, 5) is 0. The highest BCUT2D eigenvalue weighted by Gasteiger charge is 2.26. The Morgan fingerprint density at radius 1 is 1.00 bits per heavy atom. The summed E-state index contributed by atoms with van der Waals surface area (Å²) in [6, 6.07) is 0. The quantitative estimate of drug-likeness (QED) is 0.824. The van der Waals surface area contributed by atoms with Crippen LogP contribution < -0.4 is 0 Å². The number of phenolic OH excluding ortho intramolecular Hbond substituents is 1. The first-order chi connectivity index (χ1) is 6.68. The largest absolute Gasteiger partial charge is 0.507 e. The fourth-order valence-electron chi connectivity index (χ4n) is 1.85. The monoisotopic (exact) mass is 272 g/mol. The van der Waals surface area contributed by atoms with Crippen LogP contribution in [0.2, 0.25) is 0 Å². The van der Waals surface area contributed by atoms with E-state index in [9.17, 15) is 10.2 Å². The molecule has 1 aromatic rings. The lowest BCUT2D eigenvalue weighted by Gasteiger charge is -2.25. The predicted molar refractivity (Wildman–Crippen MR) is 65.3 cm³/mol. The molecule has 0 amide bonds. The summed E-state index contributed by atoms with van der Waals surface area (Å²) in [7, 11) is 0. The van der Waals surface area contributed by atoms with E-state index in [1.165, 1.54) is 0 Å².